The van der Waals surface area contributed by atoms with Gasteiger partial charge >= 0.3 is 0 Å². The zero-order valence-electron chi connectivity index (χ0n) is 11.8. The van der Waals surface area contributed by atoms with Gasteiger partial charge in [0.05, 0.1) is 7.11 Å². The van der Waals surface area contributed by atoms with Crippen LogP contribution in [0.1, 0.15) is 10.4 Å². The van der Waals surface area contributed by atoms with Crippen LogP contribution in [-0.2, 0) is 4.79 Å². The fraction of sp³-hybridized carbons (Fsp3) is 0.125. The van der Waals surface area contributed by atoms with E-state index < -0.39 is 0 Å². The quantitative estimate of drug-likeness (QED) is 0.799. The number of methoxy groups -OCH3 is 1. The summed E-state index contributed by atoms with van der Waals surface area (Å²) < 4.78 is 11.2. The first kappa shape index (κ1) is 16.0. The number of amides is 1. The standard InChI is InChI=1S/C16H14BrNO4/c1-21-14-8-13(17)11(9-19)7-15(14)22-10-16(20)18-12-5-3-2-4-6-12/h2-9H,10H2,1H3,(H,18,20). The molecule has 0 aliphatic carbocycles. The van der Waals surface area contributed by atoms with Gasteiger partial charge in [-0.3, -0.25) is 9.59 Å². The first-order valence-corrected chi connectivity index (χ1v) is 7.23. The van der Waals surface area contributed by atoms with E-state index in [1.807, 2.05) is 18.2 Å². The Hall–Kier alpha value is -2.34. The Morgan fingerprint density at radius 2 is 1.95 bits per heavy atom. The first-order valence-electron chi connectivity index (χ1n) is 6.44. The van der Waals surface area contributed by atoms with E-state index in [4.69, 9.17) is 9.47 Å². The highest BCUT2D eigenvalue weighted by atomic mass is 79.9. The van der Waals surface area contributed by atoms with Gasteiger partial charge < -0.3 is 14.8 Å². The number of ether oxygens (including phenoxy) is 2. The van der Waals surface area contributed by atoms with E-state index in [1.165, 1.54) is 13.2 Å². The second kappa shape index (κ2) is 7.61. The summed E-state index contributed by atoms with van der Waals surface area (Å²) in [4.78, 5) is 22.8. The maximum absolute atomic E-state index is 11.9. The maximum Gasteiger partial charge on any atom is 0.262 e. The van der Waals surface area contributed by atoms with Gasteiger partial charge in [-0.2, -0.15) is 0 Å². The van der Waals surface area contributed by atoms with Crippen LogP contribution in [0.5, 0.6) is 11.5 Å². The van der Waals surface area contributed by atoms with Crippen molar-refractivity contribution in [2.75, 3.05) is 19.0 Å². The third kappa shape index (κ3) is 4.08. The van der Waals surface area contributed by atoms with Crippen LogP contribution in [0.2, 0.25) is 0 Å². The van der Waals surface area contributed by atoms with Crippen molar-refractivity contribution in [3.8, 4) is 11.5 Å². The second-order valence-electron chi connectivity index (χ2n) is 4.35. The molecule has 0 saturated heterocycles. The third-order valence-electron chi connectivity index (χ3n) is 2.83. The zero-order chi connectivity index (χ0) is 15.9. The number of benzene rings is 2. The molecular weight excluding hydrogens is 350 g/mol. The highest BCUT2D eigenvalue weighted by molar-refractivity contribution is 9.10. The summed E-state index contributed by atoms with van der Waals surface area (Å²) in [5.74, 6) is 0.463. The lowest BCUT2D eigenvalue weighted by molar-refractivity contribution is -0.118. The molecule has 114 valence electrons. The average molecular weight is 364 g/mol. The van der Waals surface area contributed by atoms with E-state index in [1.54, 1.807) is 18.2 Å². The Morgan fingerprint density at radius 1 is 1.23 bits per heavy atom. The lowest BCUT2D eigenvalue weighted by Gasteiger charge is -2.12. The van der Waals surface area contributed by atoms with Crippen LogP contribution >= 0.6 is 15.9 Å². The van der Waals surface area contributed by atoms with Crippen molar-refractivity contribution in [1.29, 1.82) is 0 Å². The Bertz CT molecular complexity index is 673. The van der Waals surface area contributed by atoms with E-state index in [2.05, 4.69) is 21.2 Å². The van der Waals surface area contributed by atoms with E-state index >= 15 is 0 Å². The Balaban J connectivity index is 2.04. The molecule has 0 atom stereocenters. The summed E-state index contributed by atoms with van der Waals surface area (Å²) in [6, 6.07) is 12.2. The van der Waals surface area contributed by atoms with Crippen molar-refractivity contribution >= 4 is 33.8 Å². The van der Waals surface area contributed by atoms with Crippen LogP contribution in [-0.4, -0.2) is 25.9 Å². The Morgan fingerprint density at radius 3 is 2.59 bits per heavy atom. The number of hydrogen-bond acceptors (Lipinski definition) is 4. The van der Waals surface area contributed by atoms with E-state index in [-0.39, 0.29) is 12.5 Å². The van der Waals surface area contributed by atoms with Gasteiger partial charge in [-0.1, -0.05) is 18.2 Å². The minimum atomic E-state index is -0.302. The smallest absolute Gasteiger partial charge is 0.262 e. The van der Waals surface area contributed by atoms with Gasteiger partial charge in [0.2, 0.25) is 0 Å². The number of aldehydes is 1. The minimum Gasteiger partial charge on any atom is -0.493 e. The Labute approximate surface area is 136 Å². The van der Waals surface area contributed by atoms with Crippen molar-refractivity contribution in [2.45, 2.75) is 0 Å². The largest absolute Gasteiger partial charge is 0.493 e. The molecule has 2 aromatic carbocycles. The van der Waals surface area contributed by atoms with Crippen LogP contribution in [0.4, 0.5) is 5.69 Å². The lowest BCUT2D eigenvalue weighted by Crippen LogP contribution is -2.20. The van der Waals surface area contributed by atoms with Gasteiger partial charge in [0.25, 0.3) is 5.91 Å². The van der Waals surface area contributed by atoms with Crippen molar-refractivity contribution in [3.05, 3.63) is 52.5 Å². The maximum atomic E-state index is 11.9. The number of anilines is 1. The summed E-state index contributed by atoms with van der Waals surface area (Å²) >= 11 is 3.26. The van der Waals surface area contributed by atoms with Gasteiger partial charge in [-0.25, -0.2) is 0 Å². The highest BCUT2D eigenvalue weighted by Crippen LogP contribution is 2.32. The molecule has 6 heteroatoms. The molecule has 0 aromatic heterocycles. The number of rotatable bonds is 6. The molecule has 5 nitrogen and oxygen atoms in total. The molecule has 0 bridgehead atoms. The molecule has 1 amide bonds. The molecule has 0 radical (unpaired) electrons. The van der Waals surface area contributed by atoms with Crippen LogP contribution in [0.3, 0.4) is 0 Å². The zero-order valence-corrected chi connectivity index (χ0v) is 13.4. The Kier molecular flexibility index (Phi) is 5.55. The van der Waals surface area contributed by atoms with Gasteiger partial charge in [0.15, 0.2) is 24.4 Å². The molecule has 0 heterocycles. The minimum absolute atomic E-state index is 0.189. The first-order chi connectivity index (χ1) is 10.6. The summed E-state index contributed by atoms with van der Waals surface area (Å²) in [6.07, 6.45) is 0.695. The molecule has 0 unspecified atom stereocenters. The summed E-state index contributed by atoms with van der Waals surface area (Å²) in [5.41, 5.74) is 1.10. The molecule has 2 aromatic rings. The SMILES string of the molecule is COc1cc(Br)c(C=O)cc1OCC(=O)Nc1ccccc1. The predicted molar refractivity (Wildman–Crippen MR) is 86.6 cm³/mol. The predicted octanol–water partition coefficient (Wildman–Crippen LogP) is 3.29. The number of carbonyl (C=O) groups is 2. The molecule has 0 fully saturated rings. The molecule has 0 saturated carbocycles. The number of halogens is 1. The lowest BCUT2D eigenvalue weighted by atomic mass is 10.2. The van der Waals surface area contributed by atoms with Crippen molar-refractivity contribution in [3.63, 3.8) is 0 Å². The molecule has 1 N–H and O–H groups in total. The number of carbonyl (C=O) groups excluding carboxylic acids is 2. The highest BCUT2D eigenvalue weighted by Gasteiger charge is 2.12. The van der Waals surface area contributed by atoms with Crippen LogP contribution in [0.25, 0.3) is 0 Å². The molecule has 0 aliphatic heterocycles. The molecular formula is C16H14BrNO4. The van der Waals surface area contributed by atoms with Gasteiger partial charge in [0.1, 0.15) is 0 Å². The second-order valence-corrected chi connectivity index (χ2v) is 5.20. The number of hydrogen-bond donors (Lipinski definition) is 1. The number of para-hydroxylation sites is 1. The van der Waals surface area contributed by atoms with Crippen molar-refractivity contribution in [1.82, 2.24) is 0 Å². The van der Waals surface area contributed by atoms with Crippen LogP contribution < -0.4 is 14.8 Å². The van der Waals surface area contributed by atoms with Crippen LogP contribution in [0, 0.1) is 0 Å². The summed E-state index contributed by atoms with van der Waals surface area (Å²) in [5, 5.41) is 2.71. The fourth-order valence-electron chi connectivity index (χ4n) is 1.78. The monoisotopic (exact) mass is 363 g/mol. The van der Waals surface area contributed by atoms with Gasteiger partial charge in [0, 0.05) is 15.7 Å². The van der Waals surface area contributed by atoms with Crippen molar-refractivity contribution < 1.29 is 19.1 Å². The van der Waals surface area contributed by atoms with Crippen LogP contribution in [0.15, 0.2) is 46.9 Å². The third-order valence-corrected chi connectivity index (χ3v) is 3.51. The van der Waals surface area contributed by atoms with Gasteiger partial charge in [-0.05, 0) is 40.2 Å². The molecule has 2 rings (SSSR count). The number of nitrogens with one attached hydrogen (secondary N) is 1. The van der Waals surface area contributed by atoms with E-state index in [9.17, 15) is 9.59 Å². The normalized spacial score (nSPS) is 9.91. The fourth-order valence-corrected chi connectivity index (χ4v) is 2.19. The topological polar surface area (TPSA) is 64.6 Å². The molecule has 22 heavy (non-hydrogen) atoms. The molecule has 0 spiro atoms. The average Bonchev–Trinajstić information content (AvgIpc) is 2.54. The van der Waals surface area contributed by atoms with E-state index in [0.717, 1.165) is 0 Å². The van der Waals surface area contributed by atoms with Gasteiger partial charge in [-0.15, -0.1) is 0 Å². The summed E-state index contributed by atoms with van der Waals surface area (Å²) in [7, 11) is 1.49. The van der Waals surface area contributed by atoms with E-state index in [0.29, 0.717) is 33.5 Å². The van der Waals surface area contributed by atoms with Crippen molar-refractivity contribution in [2.24, 2.45) is 0 Å². The summed E-state index contributed by atoms with van der Waals surface area (Å²) in [6.45, 7) is -0.189. The molecule has 0 aliphatic rings.